The predicted molar refractivity (Wildman–Crippen MR) is 30.9 cm³/mol. The molecule has 0 bridgehead atoms. The first kappa shape index (κ1) is 9.01. The van der Waals surface area contributed by atoms with E-state index in [0.29, 0.717) is 6.42 Å². The van der Waals surface area contributed by atoms with E-state index in [0.717, 1.165) is 12.8 Å². The second-order valence-electron chi connectivity index (χ2n) is 1.50. The molecular formula is C6H13OU-. The van der Waals surface area contributed by atoms with Crippen molar-refractivity contribution in [1.29, 1.82) is 0 Å². The minimum Gasteiger partial charge on any atom is -0.399 e. The van der Waals surface area contributed by atoms with E-state index in [4.69, 9.17) is 6.48 Å². The van der Waals surface area contributed by atoms with Crippen LogP contribution in [0.1, 0.15) is 27.6 Å². The third-order valence-electron chi connectivity index (χ3n) is 0.765. The molecule has 0 aliphatic carbocycles. The minimum atomic E-state index is -0.901. The zero-order valence-corrected chi connectivity index (χ0v) is 9.39. The van der Waals surface area contributed by atoms with Crippen molar-refractivity contribution < 1.29 is 37.6 Å². The van der Waals surface area contributed by atoms with Gasteiger partial charge in [0.25, 0.3) is 0 Å². The summed E-state index contributed by atoms with van der Waals surface area (Å²) in [4.78, 5) is 0. The van der Waals surface area contributed by atoms with Gasteiger partial charge < -0.3 is 11.5 Å². The number of unbranched alkanes of at least 4 members (excludes halogenated alkanes) is 2. The molecule has 48 valence electrons. The summed E-state index contributed by atoms with van der Waals surface area (Å²) < 4.78 is 6.68. The fourth-order valence-corrected chi connectivity index (χ4v) is 0.397. The maximum Gasteiger partial charge on any atom is 0.0537 e. The largest absolute Gasteiger partial charge is 0.399 e. The average molecular weight is 341 g/mol. The first-order valence-electron chi connectivity index (χ1n) is 3.27. The molecule has 0 spiro atoms. The van der Waals surface area contributed by atoms with Crippen LogP contribution in [0.5, 0.6) is 0 Å². The Morgan fingerprint density at radius 2 is 2.25 bits per heavy atom. The fourth-order valence-electron chi connectivity index (χ4n) is 0.397. The Labute approximate surface area is 76.6 Å². The molecule has 0 heterocycles. The molecule has 0 aliphatic heterocycles. The fraction of sp³-hybridized carbons (Fsp3) is 0.833. The molecule has 0 saturated carbocycles. The molecule has 0 amide bonds. The van der Waals surface area contributed by atoms with Gasteiger partial charge in [-0.2, -0.15) is 12.8 Å². The van der Waals surface area contributed by atoms with Crippen LogP contribution in [-0.2, 0) is 0 Å². The molecule has 1 N–H and O–H groups in total. The number of rotatable bonds is 4. The Balaban J connectivity index is 0. The number of hydrogen-bond acceptors (Lipinski definition) is 1. The normalized spacial score (nSPS) is 14.0. The third-order valence-corrected chi connectivity index (χ3v) is 0.765. The van der Waals surface area contributed by atoms with Gasteiger partial charge in [0.15, 0.2) is 0 Å². The summed E-state index contributed by atoms with van der Waals surface area (Å²) in [6.45, 7) is 1.17. The minimum absolute atomic E-state index is 0. The van der Waals surface area contributed by atoms with Crippen LogP contribution in [0.2, 0.25) is 0 Å². The summed E-state index contributed by atoms with van der Waals surface area (Å²) in [6, 6.07) is 0. The third kappa shape index (κ3) is 10.1. The molecule has 2 heteroatoms. The molecule has 0 rings (SSSR count). The van der Waals surface area contributed by atoms with Crippen molar-refractivity contribution in [3.8, 4) is 0 Å². The average Bonchev–Trinajstić information content (AvgIpc) is 1.66. The van der Waals surface area contributed by atoms with E-state index in [2.05, 4.69) is 6.92 Å². The second-order valence-corrected chi connectivity index (χ2v) is 1.50. The maximum atomic E-state index is 8.41. The van der Waals surface area contributed by atoms with E-state index < -0.39 is 6.58 Å². The Hall–Kier alpha value is 1.01. The molecule has 1 nitrogen and oxygen atoms in total. The summed E-state index contributed by atoms with van der Waals surface area (Å²) in [5, 5.41) is 8.41. The number of hydrogen-bond donors (Lipinski definition) is 1. The zero-order valence-electron chi connectivity index (χ0n) is 6.22. The van der Waals surface area contributed by atoms with Gasteiger partial charge in [0.05, 0.1) is 1.37 Å². The summed E-state index contributed by atoms with van der Waals surface area (Å²) in [5.74, 6) is 0. The number of aliphatic hydroxyl groups is 1. The van der Waals surface area contributed by atoms with Crippen LogP contribution in [0.25, 0.3) is 0 Å². The molecule has 0 saturated heterocycles. The second kappa shape index (κ2) is 10.9. The maximum absolute atomic E-state index is 8.41. The van der Waals surface area contributed by atoms with Crippen LogP contribution in [0.15, 0.2) is 0 Å². The van der Waals surface area contributed by atoms with Gasteiger partial charge in [0.2, 0.25) is 0 Å². The van der Waals surface area contributed by atoms with Crippen molar-refractivity contribution in [3.05, 3.63) is 6.42 Å². The van der Waals surface area contributed by atoms with Gasteiger partial charge in [-0.15, -0.1) is 0 Å². The topological polar surface area (TPSA) is 20.2 Å². The van der Waals surface area contributed by atoms with Crippen LogP contribution in [0.4, 0.5) is 0 Å². The van der Waals surface area contributed by atoms with Crippen LogP contribution in [-0.4, -0.2) is 11.7 Å². The van der Waals surface area contributed by atoms with E-state index >= 15 is 0 Å². The van der Waals surface area contributed by atoms with E-state index in [1.54, 1.807) is 0 Å². The first-order valence-corrected chi connectivity index (χ1v) is 2.69. The van der Waals surface area contributed by atoms with Crippen molar-refractivity contribution in [2.24, 2.45) is 0 Å². The summed E-state index contributed by atoms with van der Waals surface area (Å²) in [5.41, 5.74) is 0. The van der Waals surface area contributed by atoms with Gasteiger partial charge in [0.1, 0.15) is 0 Å². The van der Waals surface area contributed by atoms with Crippen LogP contribution in [0, 0.1) is 37.5 Å². The predicted octanol–water partition coefficient (Wildman–Crippen LogP) is 1.37. The molecule has 0 aromatic rings. The SMILES string of the molecule is [3H]C(O)C[CH-]CCC.[U]. The van der Waals surface area contributed by atoms with Gasteiger partial charge >= 0.3 is 0 Å². The smallest absolute Gasteiger partial charge is 0.0537 e. The number of aliphatic hydroxyl groups excluding tert-OH is 1. The van der Waals surface area contributed by atoms with Crippen LogP contribution < -0.4 is 0 Å². The van der Waals surface area contributed by atoms with Crippen molar-refractivity contribution in [2.75, 3.05) is 6.58 Å². The molecule has 0 aromatic heterocycles. The van der Waals surface area contributed by atoms with Crippen LogP contribution in [0.3, 0.4) is 0 Å². The molecule has 8 heavy (non-hydrogen) atoms. The van der Waals surface area contributed by atoms with E-state index in [9.17, 15) is 0 Å². The van der Waals surface area contributed by atoms with E-state index in [-0.39, 0.29) is 31.1 Å². The van der Waals surface area contributed by atoms with E-state index in [1.165, 1.54) is 0 Å². The molecule has 0 aliphatic rings. The van der Waals surface area contributed by atoms with Gasteiger partial charge in [-0.25, -0.2) is 0 Å². The molecule has 1 unspecified atom stereocenters. The molecule has 1 atom stereocenters. The Morgan fingerprint density at radius 1 is 1.62 bits per heavy atom. The van der Waals surface area contributed by atoms with Crippen molar-refractivity contribution in [2.45, 2.75) is 26.2 Å². The van der Waals surface area contributed by atoms with Gasteiger partial charge in [0, 0.05) is 37.7 Å². The Morgan fingerprint density at radius 3 is 2.62 bits per heavy atom. The Kier molecular flexibility index (Phi) is 12.3. The van der Waals surface area contributed by atoms with Gasteiger partial charge in [-0.1, -0.05) is 13.3 Å². The van der Waals surface area contributed by atoms with Crippen molar-refractivity contribution in [3.63, 3.8) is 0 Å². The molecule has 0 fully saturated rings. The zero-order chi connectivity index (χ0) is 6.41. The molecule has 0 radical (unpaired) electrons. The first-order chi connectivity index (χ1) is 3.77. The van der Waals surface area contributed by atoms with Crippen molar-refractivity contribution >= 4 is 0 Å². The quantitative estimate of drug-likeness (QED) is 0.605. The summed E-state index contributed by atoms with van der Waals surface area (Å²) >= 11 is 0. The van der Waals surface area contributed by atoms with Crippen LogP contribution >= 0.6 is 0 Å². The van der Waals surface area contributed by atoms with E-state index in [1.807, 2.05) is 6.42 Å². The Bertz CT molecular complexity index is 50.3. The van der Waals surface area contributed by atoms with Crippen molar-refractivity contribution in [1.82, 2.24) is 0 Å². The van der Waals surface area contributed by atoms with Gasteiger partial charge in [-0.05, 0) is 0 Å². The standard InChI is InChI=1S/C6H13O.U/c1-2-3-4-5-6-7;/h4,7H,2-3,5-6H2,1H3;/q-1;/i6T;. The summed E-state index contributed by atoms with van der Waals surface area (Å²) in [6.07, 6.45) is 4.56. The molecule has 0 aromatic carbocycles. The summed E-state index contributed by atoms with van der Waals surface area (Å²) in [7, 11) is 0. The monoisotopic (exact) mass is 341 g/mol. The van der Waals surface area contributed by atoms with Gasteiger partial charge in [-0.3, -0.25) is 0 Å². The molecular weight excluding hydrogens is 326 g/mol.